The third-order valence-corrected chi connectivity index (χ3v) is 5.10. The number of anilines is 1. The number of aryl methyl sites for hydroxylation is 1. The number of benzene rings is 2. The van der Waals surface area contributed by atoms with Crippen LogP contribution in [0.2, 0.25) is 0 Å². The van der Waals surface area contributed by atoms with Crippen LogP contribution in [0, 0.1) is 0 Å². The van der Waals surface area contributed by atoms with E-state index in [1.54, 1.807) is 18.3 Å². The van der Waals surface area contributed by atoms with E-state index < -0.39 is 12.0 Å². The third kappa shape index (κ3) is 6.16. The molecular formula is C23H25N7O3. The smallest absolute Gasteiger partial charge is 0.305 e. The highest BCUT2D eigenvalue weighted by Crippen LogP contribution is 2.16. The molecule has 10 nitrogen and oxygen atoms in total. The fourth-order valence-electron chi connectivity index (χ4n) is 3.54. The molecule has 4 N–H and O–H groups in total. The van der Waals surface area contributed by atoms with Gasteiger partial charge in [0.1, 0.15) is 6.54 Å². The summed E-state index contributed by atoms with van der Waals surface area (Å²) in [5, 5.41) is 23.3. The van der Waals surface area contributed by atoms with Crippen molar-refractivity contribution in [1.29, 1.82) is 0 Å². The van der Waals surface area contributed by atoms with Crippen LogP contribution in [0.4, 0.5) is 5.95 Å². The summed E-state index contributed by atoms with van der Waals surface area (Å²) < 4.78 is 1.46. The van der Waals surface area contributed by atoms with Crippen LogP contribution in [0.5, 0.6) is 0 Å². The van der Waals surface area contributed by atoms with Gasteiger partial charge < -0.3 is 20.7 Å². The lowest BCUT2D eigenvalue weighted by Crippen LogP contribution is -2.33. The molecule has 0 aliphatic rings. The highest BCUT2D eigenvalue weighted by molar-refractivity contribution is 5.78. The third-order valence-electron chi connectivity index (χ3n) is 5.10. The number of aromatic nitrogens is 5. The van der Waals surface area contributed by atoms with Crippen LogP contribution in [0.1, 0.15) is 30.1 Å². The van der Waals surface area contributed by atoms with Crippen molar-refractivity contribution in [1.82, 2.24) is 30.3 Å². The number of fused-ring (bicyclic) bond motifs is 1. The minimum Gasteiger partial charge on any atom is -0.481 e. The van der Waals surface area contributed by atoms with Crippen molar-refractivity contribution in [3.8, 4) is 0 Å². The predicted octanol–water partition coefficient (Wildman–Crippen LogP) is 2.53. The second-order valence-electron chi connectivity index (χ2n) is 7.67. The molecule has 0 aliphatic heterocycles. The van der Waals surface area contributed by atoms with E-state index in [4.69, 9.17) is 0 Å². The Morgan fingerprint density at radius 3 is 2.67 bits per heavy atom. The molecular weight excluding hydrogens is 422 g/mol. The van der Waals surface area contributed by atoms with Crippen LogP contribution in [-0.4, -0.2) is 48.5 Å². The number of para-hydroxylation sites is 2. The van der Waals surface area contributed by atoms with Crippen LogP contribution in [0.3, 0.4) is 0 Å². The van der Waals surface area contributed by atoms with Crippen LogP contribution in [0.25, 0.3) is 11.0 Å². The molecule has 2 aromatic carbocycles. The number of hydrogen-bond donors (Lipinski definition) is 4. The first-order valence-corrected chi connectivity index (χ1v) is 10.7. The van der Waals surface area contributed by atoms with Gasteiger partial charge in [-0.05, 0) is 30.5 Å². The second kappa shape index (κ2) is 10.4. The molecule has 2 aromatic heterocycles. The van der Waals surface area contributed by atoms with Crippen molar-refractivity contribution < 1.29 is 14.7 Å². The molecule has 0 aliphatic carbocycles. The zero-order valence-corrected chi connectivity index (χ0v) is 17.9. The maximum absolute atomic E-state index is 12.5. The van der Waals surface area contributed by atoms with Gasteiger partial charge in [0.05, 0.1) is 29.2 Å². The summed E-state index contributed by atoms with van der Waals surface area (Å²) in [5.41, 5.74) is 3.42. The largest absolute Gasteiger partial charge is 0.481 e. The number of nitrogens with zero attached hydrogens (tertiary/aromatic N) is 4. The molecule has 1 amide bonds. The molecule has 2 heterocycles. The SMILES string of the molecule is O=C(O)C[C@H](NC(=O)Cn1cc(CCCNc2nc3ccccc3[nH]2)nn1)c1ccccc1. The van der Waals surface area contributed by atoms with E-state index in [9.17, 15) is 14.7 Å². The van der Waals surface area contributed by atoms with Crippen molar-refractivity contribution in [2.45, 2.75) is 31.8 Å². The Morgan fingerprint density at radius 2 is 1.88 bits per heavy atom. The number of carboxylic acids is 1. The lowest BCUT2D eigenvalue weighted by molar-refractivity contribution is -0.137. The minimum absolute atomic E-state index is 0.0345. The number of nitrogens with one attached hydrogen (secondary N) is 3. The Balaban J connectivity index is 1.24. The maximum atomic E-state index is 12.5. The predicted molar refractivity (Wildman–Crippen MR) is 123 cm³/mol. The normalized spacial score (nSPS) is 11.9. The summed E-state index contributed by atoms with van der Waals surface area (Å²) in [7, 11) is 0. The number of hydrogen-bond acceptors (Lipinski definition) is 6. The summed E-state index contributed by atoms with van der Waals surface area (Å²) in [5.74, 6) is -0.581. The lowest BCUT2D eigenvalue weighted by atomic mass is 10.0. The van der Waals surface area contributed by atoms with Gasteiger partial charge in [-0.2, -0.15) is 0 Å². The number of amides is 1. The first kappa shape index (κ1) is 22.0. The summed E-state index contributed by atoms with van der Waals surface area (Å²) >= 11 is 0. The van der Waals surface area contributed by atoms with Crippen molar-refractivity contribution >= 4 is 28.9 Å². The van der Waals surface area contributed by atoms with E-state index >= 15 is 0 Å². The topological polar surface area (TPSA) is 138 Å². The van der Waals surface area contributed by atoms with Gasteiger partial charge in [0.2, 0.25) is 11.9 Å². The highest BCUT2D eigenvalue weighted by Gasteiger charge is 2.18. The number of rotatable bonds is 11. The van der Waals surface area contributed by atoms with Crippen LogP contribution in [0.15, 0.2) is 60.8 Å². The average Bonchev–Trinajstić information content (AvgIpc) is 3.42. The molecule has 0 saturated carbocycles. The van der Waals surface area contributed by atoms with Gasteiger partial charge in [-0.15, -0.1) is 5.10 Å². The van der Waals surface area contributed by atoms with E-state index in [2.05, 4.69) is 30.9 Å². The summed E-state index contributed by atoms with van der Waals surface area (Å²) in [6.07, 6.45) is 3.04. The first-order chi connectivity index (χ1) is 16.1. The van der Waals surface area contributed by atoms with E-state index in [0.29, 0.717) is 13.0 Å². The van der Waals surface area contributed by atoms with Crippen molar-refractivity contribution in [2.24, 2.45) is 0 Å². The molecule has 4 rings (SSSR count). The van der Waals surface area contributed by atoms with Gasteiger partial charge >= 0.3 is 5.97 Å². The van der Waals surface area contributed by atoms with Gasteiger partial charge in [-0.25, -0.2) is 9.67 Å². The zero-order chi connectivity index (χ0) is 23.0. The lowest BCUT2D eigenvalue weighted by Gasteiger charge is -2.17. The summed E-state index contributed by atoms with van der Waals surface area (Å²) in [6.45, 7) is 0.675. The van der Waals surface area contributed by atoms with Gasteiger partial charge in [0.15, 0.2) is 0 Å². The van der Waals surface area contributed by atoms with E-state index in [1.165, 1.54) is 4.68 Å². The van der Waals surface area contributed by atoms with Crippen molar-refractivity contribution in [3.63, 3.8) is 0 Å². The number of aromatic amines is 1. The Hall–Kier alpha value is -4.21. The Kier molecular flexibility index (Phi) is 6.93. The van der Waals surface area contributed by atoms with Gasteiger partial charge in [0.25, 0.3) is 0 Å². The number of carbonyl (C=O) groups excluding carboxylic acids is 1. The summed E-state index contributed by atoms with van der Waals surface area (Å²) in [4.78, 5) is 31.4. The molecule has 0 unspecified atom stereocenters. The fraction of sp³-hybridized carbons (Fsp3) is 0.261. The standard InChI is InChI=1S/C23H25N7O3/c31-21(25-20(13-22(32)33)16-7-2-1-3-8-16)15-30-14-17(28-29-30)9-6-12-24-23-26-18-10-4-5-11-19(18)27-23/h1-5,7-8,10-11,14,20H,6,9,12-13,15H2,(H,25,31)(H,32,33)(H2,24,26,27)/t20-/m0/s1. The van der Waals surface area contributed by atoms with Crippen molar-refractivity contribution in [2.75, 3.05) is 11.9 Å². The van der Waals surface area contributed by atoms with Gasteiger partial charge in [-0.1, -0.05) is 47.7 Å². The molecule has 0 radical (unpaired) electrons. The first-order valence-electron chi connectivity index (χ1n) is 10.7. The quantitative estimate of drug-likeness (QED) is 0.259. The molecule has 33 heavy (non-hydrogen) atoms. The Bertz CT molecular complexity index is 1190. The molecule has 1 atom stereocenters. The molecule has 0 fully saturated rings. The second-order valence-corrected chi connectivity index (χ2v) is 7.67. The number of carbonyl (C=O) groups is 2. The molecule has 0 bridgehead atoms. The monoisotopic (exact) mass is 447 g/mol. The van der Waals surface area contributed by atoms with E-state index in [0.717, 1.165) is 34.7 Å². The number of imidazole rings is 1. The number of aliphatic carboxylic acids is 1. The average molecular weight is 447 g/mol. The van der Waals surface area contributed by atoms with Crippen molar-refractivity contribution in [3.05, 3.63) is 72.1 Å². The molecule has 0 spiro atoms. The zero-order valence-electron chi connectivity index (χ0n) is 17.9. The molecule has 170 valence electrons. The molecule has 0 saturated heterocycles. The molecule has 10 heteroatoms. The van der Waals surface area contributed by atoms with E-state index in [-0.39, 0.29) is 18.9 Å². The van der Waals surface area contributed by atoms with Crippen LogP contribution < -0.4 is 10.6 Å². The number of carboxylic acid groups (broad SMARTS) is 1. The minimum atomic E-state index is -0.983. The fourth-order valence-corrected chi connectivity index (χ4v) is 3.54. The van der Waals surface area contributed by atoms with Gasteiger partial charge in [0, 0.05) is 12.7 Å². The Morgan fingerprint density at radius 1 is 1.09 bits per heavy atom. The van der Waals surface area contributed by atoms with Gasteiger partial charge in [-0.3, -0.25) is 9.59 Å². The summed E-state index contributed by atoms with van der Waals surface area (Å²) in [6, 6.07) is 16.3. The maximum Gasteiger partial charge on any atom is 0.305 e. The highest BCUT2D eigenvalue weighted by atomic mass is 16.4. The number of H-pyrrole nitrogens is 1. The molecule has 4 aromatic rings. The Labute approximate surface area is 190 Å². The van der Waals surface area contributed by atoms with Crippen LogP contribution >= 0.6 is 0 Å². The van der Waals surface area contributed by atoms with E-state index in [1.807, 2.05) is 42.5 Å². The van der Waals surface area contributed by atoms with Crippen LogP contribution in [-0.2, 0) is 22.6 Å².